The number of ether oxygens (including phenoxy) is 1. The molecule has 1 saturated heterocycles. The van der Waals surface area contributed by atoms with Crippen LogP contribution in [0.3, 0.4) is 0 Å². The van der Waals surface area contributed by atoms with Crippen LogP contribution in [-0.4, -0.2) is 11.8 Å². The van der Waals surface area contributed by atoms with Crippen molar-refractivity contribution >= 4 is 17.5 Å². The third-order valence-corrected chi connectivity index (χ3v) is 5.99. The van der Waals surface area contributed by atoms with Crippen molar-refractivity contribution in [1.29, 1.82) is 0 Å². The van der Waals surface area contributed by atoms with Gasteiger partial charge >= 0.3 is 0 Å². The molecule has 1 fully saturated rings. The highest BCUT2D eigenvalue weighted by atomic mass is 16.5. The van der Waals surface area contributed by atoms with E-state index >= 15 is 0 Å². The molecule has 4 rings (SSSR count). The fourth-order valence-electron chi connectivity index (χ4n) is 4.40. The summed E-state index contributed by atoms with van der Waals surface area (Å²) in [4.78, 5) is 27.2. The van der Waals surface area contributed by atoms with Crippen molar-refractivity contribution < 1.29 is 14.3 Å². The lowest BCUT2D eigenvalue weighted by molar-refractivity contribution is -0.122. The summed E-state index contributed by atoms with van der Waals surface area (Å²) in [7, 11) is 0. The van der Waals surface area contributed by atoms with Gasteiger partial charge in [0.25, 0.3) is 0 Å². The molecule has 0 spiro atoms. The van der Waals surface area contributed by atoms with Crippen LogP contribution < -0.4 is 9.64 Å². The van der Waals surface area contributed by atoms with Crippen LogP contribution in [0.5, 0.6) is 11.5 Å². The molecule has 2 amide bonds. The Hall–Kier alpha value is -2.88. The summed E-state index contributed by atoms with van der Waals surface area (Å²) in [5.74, 6) is 1.30. The minimum Gasteiger partial charge on any atom is -0.457 e. The maximum absolute atomic E-state index is 12.9. The number of carbonyl (C=O) groups is 2. The van der Waals surface area contributed by atoms with Crippen LogP contribution in [0.15, 0.2) is 54.6 Å². The molecule has 150 valence electrons. The van der Waals surface area contributed by atoms with E-state index in [0.29, 0.717) is 23.8 Å². The molecule has 0 saturated carbocycles. The first kappa shape index (κ1) is 19.4. The molecular weight excluding hydrogens is 362 g/mol. The molecule has 4 nitrogen and oxygen atoms in total. The third kappa shape index (κ3) is 3.48. The Bertz CT molecular complexity index is 974. The average Bonchev–Trinajstić information content (AvgIpc) is 2.94. The Balaban J connectivity index is 1.57. The molecule has 0 aromatic heterocycles. The quantitative estimate of drug-likeness (QED) is 0.504. The molecule has 29 heavy (non-hydrogen) atoms. The van der Waals surface area contributed by atoms with Crippen LogP contribution in [0.1, 0.15) is 44.2 Å². The second kappa shape index (κ2) is 7.51. The van der Waals surface area contributed by atoms with Gasteiger partial charge in [-0.1, -0.05) is 45.1 Å². The minimum absolute atomic E-state index is 0.0913. The number of carbonyl (C=O) groups excluding carboxylic acids is 2. The van der Waals surface area contributed by atoms with Crippen LogP contribution in [0.25, 0.3) is 0 Å². The monoisotopic (exact) mass is 389 g/mol. The SMILES string of the molecule is Cc1ccc(C(C)C)c(Oc2ccc(N3C(=O)C4CC=CC(C)C4C3=O)cc2)c1. The van der Waals surface area contributed by atoms with Crippen molar-refractivity contribution in [1.82, 2.24) is 0 Å². The molecule has 3 atom stereocenters. The molecule has 2 aromatic rings. The first-order valence-corrected chi connectivity index (χ1v) is 10.3. The van der Waals surface area contributed by atoms with Crippen molar-refractivity contribution in [3.8, 4) is 11.5 Å². The van der Waals surface area contributed by atoms with E-state index in [4.69, 9.17) is 4.74 Å². The van der Waals surface area contributed by atoms with Gasteiger partial charge in [0.05, 0.1) is 17.5 Å². The Labute approximate surface area is 172 Å². The van der Waals surface area contributed by atoms with Crippen molar-refractivity contribution in [2.24, 2.45) is 17.8 Å². The number of benzene rings is 2. The van der Waals surface area contributed by atoms with Gasteiger partial charge in [-0.3, -0.25) is 14.5 Å². The second-order valence-electron chi connectivity index (χ2n) is 8.46. The first-order chi connectivity index (χ1) is 13.9. The number of nitrogens with zero attached hydrogens (tertiary/aromatic N) is 1. The van der Waals surface area contributed by atoms with E-state index < -0.39 is 0 Å². The number of hydrogen-bond acceptors (Lipinski definition) is 3. The molecule has 3 unspecified atom stereocenters. The fraction of sp³-hybridized carbons (Fsp3) is 0.360. The van der Waals surface area contributed by atoms with Crippen LogP contribution >= 0.6 is 0 Å². The van der Waals surface area contributed by atoms with Crippen LogP contribution in [-0.2, 0) is 9.59 Å². The summed E-state index contributed by atoms with van der Waals surface area (Å²) in [5.41, 5.74) is 2.90. The van der Waals surface area contributed by atoms with E-state index in [1.54, 1.807) is 12.1 Å². The van der Waals surface area contributed by atoms with Crippen molar-refractivity contribution in [3.05, 3.63) is 65.7 Å². The summed E-state index contributed by atoms with van der Waals surface area (Å²) in [6.45, 7) is 8.33. The van der Waals surface area contributed by atoms with Gasteiger partial charge in [-0.05, 0) is 66.6 Å². The standard InChI is InChI=1S/C25H27NO3/c1-15(2)20-13-8-16(3)14-22(20)29-19-11-9-18(10-12-19)26-24(27)21-7-5-6-17(4)23(21)25(26)28/h5-6,8-15,17,21,23H,7H2,1-4H3. The van der Waals surface area contributed by atoms with E-state index in [-0.39, 0.29) is 29.6 Å². The Kier molecular flexibility index (Phi) is 5.03. The van der Waals surface area contributed by atoms with Gasteiger partial charge < -0.3 is 4.74 Å². The number of hydrogen-bond donors (Lipinski definition) is 0. The van der Waals surface area contributed by atoms with Crippen LogP contribution in [0, 0.1) is 24.7 Å². The third-order valence-electron chi connectivity index (χ3n) is 5.99. The second-order valence-corrected chi connectivity index (χ2v) is 8.46. The maximum atomic E-state index is 12.9. The lowest BCUT2D eigenvalue weighted by Crippen LogP contribution is -2.31. The number of allylic oxidation sites excluding steroid dienone is 2. The highest BCUT2D eigenvalue weighted by Gasteiger charge is 2.50. The molecule has 4 heteroatoms. The van der Waals surface area contributed by atoms with Gasteiger partial charge in [-0.15, -0.1) is 0 Å². The zero-order valence-electron chi connectivity index (χ0n) is 17.4. The number of rotatable bonds is 4. The Morgan fingerprint density at radius 3 is 2.41 bits per heavy atom. The van der Waals surface area contributed by atoms with E-state index in [2.05, 4.69) is 26.0 Å². The summed E-state index contributed by atoms with van der Waals surface area (Å²) in [5, 5.41) is 0. The van der Waals surface area contributed by atoms with Crippen LogP contribution in [0.4, 0.5) is 5.69 Å². The molecule has 0 radical (unpaired) electrons. The highest BCUT2D eigenvalue weighted by molar-refractivity contribution is 6.22. The van der Waals surface area contributed by atoms with E-state index in [0.717, 1.165) is 16.9 Å². The molecular formula is C25H27NO3. The normalized spacial score (nSPS) is 23.6. The van der Waals surface area contributed by atoms with Crippen LogP contribution in [0.2, 0.25) is 0 Å². The number of imide groups is 1. The highest BCUT2D eigenvalue weighted by Crippen LogP contribution is 2.41. The number of fused-ring (bicyclic) bond motifs is 1. The number of anilines is 1. The van der Waals surface area contributed by atoms with E-state index in [1.165, 1.54) is 4.90 Å². The average molecular weight is 389 g/mol. The predicted octanol–water partition coefficient (Wildman–Crippen LogP) is 5.61. The molecule has 2 aromatic carbocycles. The Morgan fingerprint density at radius 2 is 1.76 bits per heavy atom. The summed E-state index contributed by atoms with van der Waals surface area (Å²) in [6.07, 6.45) is 4.70. The maximum Gasteiger partial charge on any atom is 0.238 e. The summed E-state index contributed by atoms with van der Waals surface area (Å²) < 4.78 is 6.14. The molecule has 0 bridgehead atoms. The van der Waals surface area contributed by atoms with Gasteiger partial charge in [0, 0.05) is 0 Å². The van der Waals surface area contributed by atoms with Crippen molar-refractivity contribution in [2.75, 3.05) is 4.90 Å². The lowest BCUT2D eigenvalue weighted by Gasteiger charge is -2.22. The van der Waals surface area contributed by atoms with E-state index in [1.807, 2.05) is 44.2 Å². The van der Waals surface area contributed by atoms with Crippen molar-refractivity contribution in [2.45, 2.75) is 40.0 Å². The van der Waals surface area contributed by atoms with Gasteiger partial charge in [0.2, 0.25) is 11.8 Å². The Morgan fingerprint density at radius 1 is 1.03 bits per heavy atom. The largest absolute Gasteiger partial charge is 0.457 e. The fourth-order valence-corrected chi connectivity index (χ4v) is 4.40. The molecule has 1 aliphatic carbocycles. The van der Waals surface area contributed by atoms with Gasteiger partial charge in [0.15, 0.2) is 0 Å². The zero-order chi connectivity index (χ0) is 20.7. The molecule has 0 N–H and O–H groups in total. The minimum atomic E-state index is -0.246. The smallest absolute Gasteiger partial charge is 0.238 e. The molecule has 2 aliphatic rings. The predicted molar refractivity (Wildman–Crippen MR) is 114 cm³/mol. The zero-order valence-corrected chi connectivity index (χ0v) is 17.4. The number of amides is 2. The molecule has 1 heterocycles. The first-order valence-electron chi connectivity index (χ1n) is 10.3. The van der Waals surface area contributed by atoms with Gasteiger partial charge in [-0.25, -0.2) is 0 Å². The van der Waals surface area contributed by atoms with Crippen molar-refractivity contribution in [3.63, 3.8) is 0 Å². The topological polar surface area (TPSA) is 46.6 Å². The lowest BCUT2D eigenvalue weighted by atomic mass is 9.78. The number of aryl methyl sites for hydroxylation is 1. The molecule has 1 aliphatic heterocycles. The summed E-state index contributed by atoms with van der Waals surface area (Å²) >= 11 is 0. The van der Waals surface area contributed by atoms with E-state index in [9.17, 15) is 9.59 Å². The van der Waals surface area contributed by atoms with Gasteiger partial charge in [0.1, 0.15) is 11.5 Å². The van der Waals surface area contributed by atoms with Gasteiger partial charge in [-0.2, -0.15) is 0 Å². The summed E-state index contributed by atoms with van der Waals surface area (Å²) in [6, 6.07) is 13.5.